The van der Waals surface area contributed by atoms with E-state index in [1.165, 1.54) is 19.2 Å². The van der Waals surface area contributed by atoms with Gasteiger partial charge in [0.2, 0.25) is 0 Å². The van der Waals surface area contributed by atoms with Crippen LogP contribution in [0.2, 0.25) is 0 Å². The van der Waals surface area contributed by atoms with Crippen LogP contribution in [0.5, 0.6) is 0 Å². The number of hydrogen-bond donors (Lipinski definition) is 2. The van der Waals surface area contributed by atoms with Gasteiger partial charge in [0.1, 0.15) is 0 Å². The molecule has 2 rings (SSSR count). The fourth-order valence-electron chi connectivity index (χ4n) is 1.80. The first-order valence-electron chi connectivity index (χ1n) is 6.28. The van der Waals surface area contributed by atoms with Crippen LogP contribution >= 0.6 is 0 Å². The number of benzene rings is 2. The topological polar surface area (TPSA) is 66.4 Å². The molecule has 104 valence electrons. The van der Waals surface area contributed by atoms with Gasteiger partial charge in [0.25, 0.3) is 5.91 Å². The van der Waals surface area contributed by atoms with Gasteiger partial charge in [-0.3, -0.25) is 4.79 Å². The predicted octanol–water partition coefficient (Wildman–Crippen LogP) is 2.14. The molecule has 0 spiro atoms. The number of hydrogen-bond acceptors (Lipinski definition) is 2. The third kappa shape index (κ3) is 3.48. The van der Waals surface area contributed by atoms with Crippen molar-refractivity contribution in [2.45, 2.75) is 0 Å². The fourth-order valence-corrected chi connectivity index (χ4v) is 1.80. The van der Waals surface area contributed by atoms with Crippen LogP contribution in [0, 0.1) is 11.8 Å². The first-order chi connectivity index (χ1) is 10.1. The van der Waals surface area contributed by atoms with Gasteiger partial charge in [-0.2, -0.15) is 0 Å². The molecule has 0 aromatic heterocycles. The minimum atomic E-state index is -1.14. The molecule has 0 aliphatic rings. The molecule has 0 heterocycles. The third-order valence-electron chi connectivity index (χ3n) is 2.85. The number of aromatic carboxylic acids is 1. The molecule has 4 nitrogen and oxygen atoms in total. The monoisotopic (exact) mass is 279 g/mol. The first-order valence-corrected chi connectivity index (χ1v) is 6.28. The maximum atomic E-state index is 11.7. The van der Waals surface area contributed by atoms with Gasteiger partial charge in [0.15, 0.2) is 0 Å². The first kappa shape index (κ1) is 14.4. The van der Waals surface area contributed by atoms with Gasteiger partial charge in [-0.15, -0.1) is 0 Å². The summed E-state index contributed by atoms with van der Waals surface area (Å²) in [4.78, 5) is 22.9. The van der Waals surface area contributed by atoms with E-state index in [1.54, 1.807) is 6.07 Å². The number of carbonyl (C=O) groups excluding carboxylic acids is 1. The molecule has 2 N–H and O–H groups in total. The maximum absolute atomic E-state index is 11.7. The Balaban J connectivity index is 2.41. The van der Waals surface area contributed by atoms with Crippen LogP contribution in [0.15, 0.2) is 48.5 Å². The van der Waals surface area contributed by atoms with Crippen molar-refractivity contribution in [1.29, 1.82) is 0 Å². The Hall–Kier alpha value is -3.06. The van der Waals surface area contributed by atoms with Gasteiger partial charge in [0.05, 0.1) is 11.1 Å². The smallest absolute Gasteiger partial charge is 0.336 e. The second-order valence-electron chi connectivity index (χ2n) is 4.26. The molecule has 0 atom stereocenters. The zero-order chi connectivity index (χ0) is 15.2. The van der Waals surface area contributed by atoms with Crippen molar-refractivity contribution in [3.63, 3.8) is 0 Å². The zero-order valence-electron chi connectivity index (χ0n) is 11.4. The minimum absolute atomic E-state index is 0.0420. The molecule has 0 bridgehead atoms. The third-order valence-corrected chi connectivity index (χ3v) is 2.85. The van der Waals surface area contributed by atoms with E-state index < -0.39 is 11.9 Å². The summed E-state index contributed by atoms with van der Waals surface area (Å²) in [5.41, 5.74) is 1.49. The molecule has 2 aromatic carbocycles. The average molecular weight is 279 g/mol. The molecule has 0 radical (unpaired) electrons. The summed E-state index contributed by atoms with van der Waals surface area (Å²) in [6.07, 6.45) is 0. The normalized spacial score (nSPS) is 9.38. The number of carbonyl (C=O) groups is 2. The van der Waals surface area contributed by atoms with Crippen molar-refractivity contribution >= 4 is 11.9 Å². The summed E-state index contributed by atoms with van der Waals surface area (Å²) in [6.45, 7) is 0. The van der Waals surface area contributed by atoms with Crippen molar-refractivity contribution < 1.29 is 14.7 Å². The van der Waals surface area contributed by atoms with Crippen LogP contribution in [0.25, 0.3) is 0 Å². The van der Waals surface area contributed by atoms with Crippen molar-refractivity contribution in [2.24, 2.45) is 0 Å². The van der Waals surface area contributed by atoms with E-state index in [-0.39, 0.29) is 11.1 Å². The Morgan fingerprint density at radius 3 is 2.24 bits per heavy atom. The second-order valence-corrected chi connectivity index (χ2v) is 4.26. The average Bonchev–Trinajstić information content (AvgIpc) is 2.52. The number of amides is 1. The molecule has 21 heavy (non-hydrogen) atoms. The Morgan fingerprint density at radius 2 is 1.62 bits per heavy atom. The van der Waals surface area contributed by atoms with Crippen LogP contribution in [0.3, 0.4) is 0 Å². The Bertz CT molecular complexity index is 740. The van der Waals surface area contributed by atoms with E-state index in [2.05, 4.69) is 17.2 Å². The molecule has 1 amide bonds. The molecule has 0 saturated heterocycles. The van der Waals surface area contributed by atoms with Crippen molar-refractivity contribution in [2.75, 3.05) is 7.05 Å². The number of carboxylic acid groups (broad SMARTS) is 1. The molecular formula is C17H13NO3. The van der Waals surface area contributed by atoms with Gasteiger partial charge < -0.3 is 10.4 Å². The van der Waals surface area contributed by atoms with Gasteiger partial charge in [-0.05, 0) is 30.3 Å². The molecule has 0 unspecified atom stereocenters. The lowest BCUT2D eigenvalue weighted by atomic mass is 10.0. The molecule has 4 heteroatoms. The molecular weight excluding hydrogens is 266 g/mol. The lowest BCUT2D eigenvalue weighted by Crippen LogP contribution is -2.21. The lowest BCUT2D eigenvalue weighted by molar-refractivity contribution is 0.0691. The van der Waals surface area contributed by atoms with Gasteiger partial charge in [-0.1, -0.05) is 30.0 Å². The summed E-state index contributed by atoms with van der Waals surface area (Å²) < 4.78 is 0. The van der Waals surface area contributed by atoms with E-state index >= 15 is 0 Å². The summed E-state index contributed by atoms with van der Waals surface area (Å²) in [5.74, 6) is 4.30. The quantitative estimate of drug-likeness (QED) is 0.828. The van der Waals surface area contributed by atoms with Crippen molar-refractivity contribution in [3.8, 4) is 11.8 Å². The highest BCUT2D eigenvalue weighted by Crippen LogP contribution is 2.12. The summed E-state index contributed by atoms with van der Waals surface area (Å²) in [5, 5.41) is 11.5. The van der Waals surface area contributed by atoms with E-state index in [0.717, 1.165) is 5.56 Å². The highest BCUT2D eigenvalue weighted by Gasteiger charge is 2.15. The van der Waals surface area contributed by atoms with E-state index in [9.17, 15) is 9.59 Å². The molecule has 0 aliphatic carbocycles. The summed E-state index contributed by atoms with van der Waals surface area (Å²) in [6, 6.07) is 13.9. The molecule has 2 aromatic rings. The van der Waals surface area contributed by atoms with Crippen molar-refractivity contribution in [1.82, 2.24) is 5.32 Å². The number of carboxylic acids is 1. The Morgan fingerprint density at radius 1 is 0.952 bits per heavy atom. The van der Waals surface area contributed by atoms with Crippen molar-refractivity contribution in [3.05, 3.63) is 70.8 Å². The Kier molecular flexibility index (Phi) is 4.37. The largest absolute Gasteiger partial charge is 0.478 e. The SMILES string of the molecule is CNC(=O)c1cc(C#Cc2ccccc2)ccc1C(=O)O. The maximum Gasteiger partial charge on any atom is 0.336 e. The molecule has 0 saturated carbocycles. The van der Waals surface area contributed by atoms with Crippen LogP contribution in [-0.4, -0.2) is 24.0 Å². The number of nitrogens with one attached hydrogen (secondary N) is 1. The lowest BCUT2D eigenvalue weighted by Gasteiger charge is -2.05. The summed E-state index contributed by atoms with van der Waals surface area (Å²) in [7, 11) is 1.45. The zero-order valence-corrected chi connectivity index (χ0v) is 11.4. The van der Waals surface area contributed by atoms with E-state index in [1.807, 2.05) is 30.3 Å². The van der Waals surface area contributed by atoms with Crippen LogP contribution < -0.4 is 5.32 Å². The highest BCUT2D eigenvalue weighted by molar-refractivity contribution is 6.05. The van der Waals surface area contributed by atoms with Gasteiger partial charge in [-0.25, -0.2) is 4.79 Å². The van der Waals surface area contributed by atoms with E-state index in [0.29, 0.717) is 5.56 Å². The summed E-state index contributed by atoms with van der Waals surface area (Å²) >= 11 is 0. The Labute approximate surface area is 122 Å². The fraction of sp³-hybridized carbons (Fsp3) is 0.0588. The van der Waals surface area contributed by atoms with Crippen LogP contribution in [0.4, 0.5) is 0 Å². The molecule has 0 fully saturated rings. The van der Waals surface area contributed by atoms with Crippen LogP contribution in [-0.2, 0) is 0 Å². The van der Waals surface area contributed by atoms with E-state index in [4.69, 9.17) is 5.11 Å². The number of rotatable bonds is 2. The van der Waals surface area contributed by atoms with Gasteiger partial charge >= 0.3 is 5.97 Å². The highest BCUT2D eigenvalue weighted by atomic mass is 16.4. The van der Waals surface area contributed by atoms with Crippen LogP contribution in [0.1, 0.15) is 31.8 Å². The predicted molar refractivity (Wildman–Crippen MR) is 79.2 cm³/mol. The standard InChI is InChI=1S/C17H13NO3/c1-18-16(19)15-11-13(9-10-14(15)17(20)21)8-7-12-5-3-2-4-6-12/h2-6,9-11H,1H3,(H,18,19)(H,20,21). The minimum Gasteiger partial charge on any atom is -0.478 e. The van der Waals surface area contributed by atoms with Gasteiger partial charge in [0, 0.05) is 18.2 Å². The second kappa shape index (κ2) is 6.40. The molecule has 0 aliphatic heterocycles.